The summed E-state index contributed by atoms with van der Waals surface area (Å²) in [6, 6.07) is 8.65. The van der Waals surface area contributed by atoms with Crippen LogP contribution in [-0.4, -0.2) is 6.54 Å². The van der Waals surface area contributed by atoms with Crippen LogP contribution in [0.5, 0.6) is 0 Å². The minimum absolute atomic E-state index is 0.396. The first-order chi connectivity index (χ1) is 10.9. The summed E-state index contributed by atoms with van der Waals surface area (Å²) in [5, 5.41) is 3.64. The first-order valence-electron chi connectivity index (χ1n) is 9.10. The molecule has 23 heavy (non-hydrogen) atoms. The van der Waals surface area contributed by atoms with Gasteiger partial charge in [-0.3, -0.25) is 0 Å². The molecule has 1 nitrogen and oxygen atoms in total. The molecule has 0 unspecified atom stereocenters. The van der Waals surface area contributed by atoms with Crippen LogP contribution < -0.4 is 5.32 Å². The number of nitrogens with one attached hydrogen (secondary N) is 1. The smallest absolute Gasteiger partial charge is 0.0373 e. The third-order valence-corrected chi connectivity index (χ3v) is 4.71. The molecular weight excluding hydrogens is 278 g/mol. The largest absolute Gasteiger partial charge is 0.385 e. The second-order valence-corrected chi connectivity index (χ2v) is 7.30. The summed E-state index contributed by atoms with van der Waals surface area (Å²) < 4.78 is 0. The maximum atomic E-state index is 4.34. The van der Waals surface area contributed by atoms with Gasteiger partial charge in [0.2, 0.25) is 0 Å². The fraction of sp³-hybridized carbons (Fsp3) is 0.545. The number of allylic oxidation sites excluding steroid dienone is 2. The van der Waals surface area contributed by atoms with Crippen molar-refractivity contribution in [3.63, 3.8) is 0 Å². The number of rotatable bonds is 10. The van der Waals surface area contributed by atoms with Crippen molar-refractivity contribution in [2.24, 2.45) is 5.41 Å². The zero-order chi connectivity index (χ0) is 17.3. The van der Waals surface area contributed by atoms with Crippen molar-refractivity contribution >= 4 is 5.57 Å². The highest BCUT2D eigenvalue weighted by Gasteiger charge is 2.15. The minimum Gasteiger partial charge on any atom is -0.385 e. The average Bonchev–Trinajstić information content (AvgIpc) is 2.53. The Morgan fingerprint density at radius 3 is 2.39 bits per heavy atom. The Morgan fingerprint density at radius 2 is 1.83 bits per heavy atom. The predicted molar refractivity (Wildman–Crippen MR) is 105 cm³/mol. The summed E-state index contributed by atoms with van der Waals surface area (Å²) in [5.41, 5.74) is 5.20. The Bertz CT molecular complexity index is 505. The van der Waals surface area contributed by atoms with Gasteiger partial charge in [0.15, 0.2) is 0 Å². The van der Waals surface area contributed by atoms with E-state index in [1.807, 2.05) is 0 Å². The Kier molecular flexibility index (Phi) is 8.16. The number of aryl methyl sites for hydroxylation is 1. The first-order valence-corrected chi connectivity index (χ1v) is 9.10. The maximum absolute atomic E-state index is 4.34. The van der Waals surface area contributed by atoms with Crippen molar-refractivity contribution in [2.75, 3.05) is 6.54 Å². The lowest BCUT2D eigenvalue weighted by Crippen LogP contribution is -2.22. The van der Waals surface area contributed by atoms with Gasteiger partial charge < -0.3 is 5.32 Å². The van der Waals surface area contributed by atoms with Crippen LogP contribution in [0.15, 0.2) is 42.6 Å². The summed E-state index contributed by atoms with van der Waals surface area (Å²) in [4.78, 5) is 0. The maximum Gasteiger partial charge on any atom is 0.0373 e. The lowest BCUT2D eigenvalue weighted by molar-refractivity contribution is 0.320. The Morgan fingerprint density at radius 1 is 1.17 bits per heavy atom. The zero-order valence-corrected chi connectivity index (χ0v) is 15.8. The molecule has 0 aromatic heterocycles. The van der Waals surface area contributed by atoms with Gasteiger partial charge in [0.1, 0.15) is 0 Å². The van der Waals surface area contributed by atoms with Gasteiger partial charge in [-0.05, 0) is 42.7 Å². The van der Waals surface area contributed by atoms with Crippen molar-refractivity contribution in [3.05, 3.63) is 53.7 Å². The molecule has 0 bridgehead atoms. The number of hydrogen-bond acceptors (Lipinski definition) is 1. The monoisotopic (exact) mass is 313 g/mol. The molecule has 1 rings (SSSR count). The van der Waals surface area contributed by atoms with Gasteiger partial charge in [0.25, 0.3) is 0 Å². The lowest BCUT2D eigenvalue weighted by atomic mass is 9.86. The summed E-state index contributed by atoms with van der Waals surface area (Å²) >= 11 is 0. The van der Waals surface area contributed by atoms with Crippen LogP contribution in [0.2, 0.25) is 0 Å². The van der Waals surface area contributed by atoms with E-state index in [2.05, 4.69) is 76.9 Å². The van der Waals surface area contributed by atoms with Crippen molar-refractivity contribution in [2.45, 2.75) is 66.7 Å². The summed E-state index contributed by atoms with van der Waals surface area (Å²) in [7, 11) is 0. The summed E-state index contributed by atoms with van der Waals surface area (Å²) in [5.74, 6) is 0. The van der Waals surface area contributed by atoms with Gasteiger partial charge in [0, 0.05) is 12.2 Å². The van der Waals surface area contributed by atoms with Crippen LogP contribution in [-0.2, 0) is 0 Å². The lowest BCUT2D eigenvalue weighted by Gasteiger charge is -2.24. The topological polar surface area (TPSA) is 12.0 Å². The second kappa shape index (κ2) is 9.60. The molecule has 0 aliphatic rings. The van der Waals surface area contributed by atoms with Crippen molar-refractivity contribution in [1.82, 2.24) is 5.32 Å². The molecule has 0 aliphatic carbocycles. The normalized spacial score (nSPS) is 12.3. The first kappa shape index (κ1) is 19.5. The van der Waals surface area contributed by atoms with Crippen molar-refractivity contribution in [1.29, 1.82) is 0 Å². The SMILES string of the molecule is C=C(/C(=C/CCCC)NCCC(C)(C)CC)c1ccc(C)cc1. The Hall–Kier alpha value is -1.50. The van der Waals surface area contributed by atoms with E-state index >= 15 is 0 Å². The van der Waals surface area contributed by atoms with Crippen LogP contribution >= 0.6 is 0 Å². The quantitative estimate of drug-likeness (QED) is 0.384. The molecule has 0 spiro atoms. The van der Waals surface area contributed by atoms with Crippen LogP contribution in [0.4, 0.5) is 0 Å². The van der Waals surface area contributed by atoms with Crippen LogP contribution in [0, 0.1) is 12.3 Å². The van der Waals surface area contributed by atoms with Gasteiger partial charge in [-0.25, -0.2) is 0 Å². The fourth-order valence-electron chi connectivity index (χ4n) is 2.38. The molecule has 0 atom stereocenters. The zero-order valence-electron chi connectivity index (χ0n) is 15.8. The highest BCUT2D eigenvalue weighted by atomic mass is 14.9. The second-order valence-electron chi connectivity index (χ2n) is 7.30. The van der Waals surface area contributed by atoms with Crippen molar-refractivity contribution < 1.29 is 0 Å². The molecule has 1 heteroatoms. The molecule has 1 N–H and O–H groups in total. The third-order valence-electron chi connectivity index (χ3n) is 4.71. The molecule has 0 fully saturated rings. The molecule has 0 saturated carbocycles. The Labute approximate surface area is 143 Å². The molecule has 0 heterocycles. The van der Waals surface area contributed by atoms with E-state index in [0.717, 1.165) is 18.5 Å². The molecule has 0 radical (unpaired) electrons. The van der Waals surface area contributed by atoms with Crippen LogP contribution in [0.1, 0.15) is 70.9 Å². The van der Waals surface area contributed by atoms with E-state index in [-0.39, 0.29) is 0 Å². The molecule has 128 valence electrons. The van der Waals surface area contributed by atoms with Gasteiger partial charge >= 0.3 is 0 Å². The molecule has 1 aromatic rings. The molecule has 0 amide bonds. The van der Waals surface area contributed by atoms with E-state index in [9.17, 15) is 0 Å². The summed E-state index contributed by atoms with van der Waals surface area (Å²) in [6.07, 6.45) is 8.28. The average molecular weight is 314 g/mol. The molecular formula is C22H35N. The van der Waals surface area contributed by atoms with Crippen molar-refractivity contribution in [3.8, 4) is 0 Å². The number of benzene rings is 1. The van der Waals surface area contributed by atoms with E-state index in [1.54, 1.807) is 0 Å². The predicted octanol–water partition coefficient (Wildman–Crippen LogP) is 6.50. The fourth-order valence-corrected chi connectivity index (χ4v) is 2.38. The van der Waals surface area contributed by atoms with E-state index in [4.69, 9.17) is 0 Å². The minimum atomic E-state index is 0.396. The Balaban J connectivity index is 2.77. The van der Waals surface area contributed by atoms with E-state index < -0.39 is 0 Å². The third kappa shape index (κ3) is 7.07. The van der Waals surface area contributed by atoms with E-state index in [1.165, 1.54) is 42.5 Å². The number of hydrogen-bond donors (Lipinski definition) is 1. The highest BCUT2D eigenvalue weighted by molar-refractivity contribution is 5.76. The highest BCUT2D eigenvalue weighted by Crippen LogP contribution is 2.25. The molecule has 1 aromatic carbocycles. The molecule has 0 saturated heterocycles. The van der Waals surface area contributed by atoms with Gasteiger partial charge in [-0.1, -0.05) is 83.0 Å². The van der Waals surface area contributed by atoms with Gasteiger partial charge in [0.05, 0.1) is 0 Å². The van der Waals surface area contributed by atoms with Gasteiger partial charge in [-0.2, -0.15) is 0 Å². The van der Waals surface area contributed by atoms with Crippen LogP contribution in [0.25, 0.3) is 5.57 Å². The summed E-state index contributed by atoms with van der Waals surface area (Å²) in [6.45, 7) is 16.6. The van der Waals surface area contributed by atoms with Crippen LogP contribution in [0.3, 0.4) is 0 Å². The number of unbranched alkanes of at least 4 members (excludes halogenated alkanes) is 2. The standard InChI is InChI=1S/C22H35N/c1-7-9-10-11-21(23-17-16-22(5,6)8-2)19(4)20-14-12-18(3)13-15-20/h11-15,23H,4,7-10,16-17H2,1-3,5-6H3/b21-11-. The molecule has 0 aliphatic heterocycles. The van der Waals surface area contributed by atoms with Gasteiger partial charge in [-0.15, -0.1) is 0 Å². The van der Waals surface area contributed by atoms with E-state index in [0.29, 0.717) is 5.41 Å².